The van der Waals surface area contributed by atoms with E-state index in [-0.39, 0.29) is 30.2 Å². The van der Waals surface area contributed by atoms with Crippen LogP contribution < -0.4 is 20.7 Å². The smallest absolute Gasteiger partial charge is 0.321 e. The van der Waals surface area contributed by atoms with E-state index in [9.17, 15) is 14.4 Å². The van der Waals surface area contributed by atoms with Crippen LogP contribution in [0.4, 0.5) is 5.95 Å². The molecule has 1 unspecified atom stereocenters. The Hall–Kier alpha value is -3.60. The lowest BCUT2D eigenvalue weighted by molar-refractivity contribution is -0.136. The molecule has 166 valence electrons. The minimum atomic E-state index is -0.619. The summed E-state index contributed by atoms with van der Waals surface area (Å²) in [6.07, 6.45) is 0.582. The summed E-state index contributed by atoms with van der Waals surface area (Å²) in [5.41, 5.74) is 2.32. The predicted molar refractivity (Wildman–Crippen MR) is 112 cm³/mol. The summed E-state index contributed by atoms with van der Waals surface area (Å²) >= 11 is 0. The fraction of sp³-hybridized carbons (Fsp3) is 0.429. The molecule has 2 saturated heterocycles. The minimum absolute atomic E-state index is 0.196. The summed E-state index contributed by atoms with van der Waals surface area (Å²) in [4.78, 5) is 51.2. The Labute approximate surface area is 184 Å². The second-order valence-corrected chi connectivity index (χ2v) is 8.10. The number of imide groups is 1. The number of aromatic nitrogens is 3. The van der Waals surface area contributed by atoms with Crippen LogP contribution in [0.15, 0.2) is 18.2 Å². The highest BCUT2D eigenvalue weighted by Gasteiger charge is 2.39. The van der Waals surface area contributed by atoms with E-state index in [0.29, 0.717) is 36.8 Å². The molecule has 0 radical (unpaired) electrons. The van der Waals surface area contributed by atoms with Gasteiger partial charge in [0.25, 0.3) is 5.91 Å². The molecule has 4 heterocycles. The Balaban J connectivity index is 1.29. The van der Waals surface area contributed by atoms with E-state index in [1.807, 2.05) is 18.2 Å². The standard InChI is InChI=1S/C21H23N7O4/c1-32-21-26-17(13-8-22-9-13)25-20(27-21)23-7-11-2-3-12-10-28(19(31)14(12)6-11)15-4-5-16(29)24-18(15)30/h2-3,6,13,15,22H,4-5,7-10H2,1H3,(H,24,29,30)(H,23,25,26,27). The largest absolute Gasteiger partial charge is 0.467 e. The Bertz CT molecular complexity index is 1100. The third-order valence-corrected chi connectivity index (χ3v) is 6.00. The van der Waals surface area contributed by atoms with Crippen LogP contribution >= 0.6 is 0 Å². The second-order valence-electron chi connectivity index (χ2n) is 8.10. The molecule has 1 atom stereocenters. The van der Waals surface area contributed by atoms with Crippen molar-refractivity contribution in [3.05, 3.63) is 40.7 Å². The normalized spacial score (nSPS) is 20.6. The lowest BCUT2D eigenvalue weighted by Gasteiger charge is -2.29. The molecule has 32 heavy (non-hydrogen) atoms. The third-order valence-electron chi connectivity index (χ3n) is 6.00. The van der Waals surface area contributed by atoms with E-state index >= 15 is 0 Å². The lowest BCUT2D eigenvalue weighted by atomic mass is 10.0. The van der Waals surface area contributed by atoms with Crippen LogP contribution in [0.3, 0.4) is 0 Å². The highest BCUT2D eigenvalue weighted by Crippen LogP contribution is 2.28. The van der Waals surface area contributed by atoms with Crippen molar-refractivity contribution < 1.29 is 19.1 Å². The first kappa shape index (κ1) is 20.3. The molecule has 11 nitrogen and oxygen atoms in total. The van der Waals surface area contributed by atoms with Crippen LogP contribution in [-0.2, 0) is 22.7 Å². The van der Waals surface area contributed by atoms with Gasteiger partial charge in [0.05, 0.1) is 7.11 Å². The van der Waals surface area contributed by atoms with Crippen LogP contribution in [0.25, 0.3) is 0 Å². The number of methoxy groups -OCH3 is 1. The number of piperidine rings is 1. The van der Waals surface area contributed by atoms with Crippen LogP contribution in [-0.4, -0.2) is 63.8 Å². The Kier molecular flexibility index (Phi) is 5.17. The molecule has 3 N–H and O–H groups in total. The molecule has 2 fully saturated rings. The maximum Gasteiger partial charge on any atom is 0.321 e. The number of carbonyl (C=O) groups excluding carboxylic acids is 3. The monoisotopic (exact) mass is 437 g/mol. The summed E-state index contributed by atoms with van der Waals surface area (Å²) in [5.74, 6) is 0.431. The number of nitrogens with zero attached hydrogens (tertiary/aromatic N) is 4. The van der Waals surface area contributed by atoms with Crippen LogP contribution in [0.1, 0.15) is 46.1 Å². The number of amides is 3. The van der Waals surface area contributed by atoms with Gasteiger partial charge in [-0.1, -0.05) is 12.1 Å². The van der Waals surface area contributed by atoms with Crippen molar-refractivity contribution in [3.8, 4) is 6.01 Å². The average Bonchev–Trinajstić information content (AvgIpc) is 3.07. The van der Waals surface area contributed by atoms with Crippen molar-refractivity contribution in [1.29, 1.82) is 0 Å². The Morgan fingerprint density at radius 3 is 2.75 bits per heavy atom. The topological polar surface area (TPSA) is 138 Å². The number of rotatable bonds is 6. The van der Waals surface area contributed by atoms with E-state index in [4.69, 9.17) is 4.74 Å². The molecule has 3 aliphatic heterocycles. The van der Waals surface area contributed by atoms with Crippen molar-refractivity contribution in [1.82, 2.24) is 30.5 Å². The maximum absolute atomic E-state index is 13.0. The minimum Gasteiger partial charge on any atom is -0.467 e. The molecular weight excluding hydrogens is 414 g/mol. The van der Waals surface area contributed by atoms with Crippen molar-refractivity contribution in [2.45, 2.75) is 37.9 Å². The molecule has 0 spiro atoms. The number of benzene rings is 1. The summed E-state index contributed by atoms with van der Waals surface area (Å²) in [7, 11) is 1.52. The first-order valence-electron chi connectivity index (χ1n) is 10.5. The number of carbonyl (C=O) groups is 3. The molecule has 3 amide bonds. The highest BCUT2D eigenvalue weighted by atomic mass is 16.5. The van der Waals surface area contributed by atoms with Crippen LogP contribution in [0.2, 0.25) is 0 Å². The zero-order valence-electron chi connectivity index (χ0n) is 17.6. The molecule has 0 bridgehead atoms. The lowest BCUT2D eigenvalue weighted by Crippen LogP contribution is -2.52. The summed E-state index contributed by atoms with van der Waals surface area (Å²) < 4.78 is 5.20. The molecular formula is C21H23N7O4. The first-order chi connectivity index (χ1) is 15.5. The SMILES string of the molecule is COc1nc(NCc2ccc3c(c2)C(=O)N(C2CCC(=O)NC2=O)C3)nc(C2CNC2)n1. The molecule has 3 aliphatic rings. The van der Waals surface area contributed by atoms with E-state index in [2.05, 4.69) is 30.9 Å². The van der Waals surface area contributed by atoms with Crippen LogP contribution in [0, 0.1) is 0 Å². The third kappa shape index (κ3) is 3.75. The van der Waals surface area contributed by atoms with Gasteiger partial charge in [-0.2, -0.15) is 15.0 Å². The van der Waals surface area contributed by atoms with Gasteiger partial charge in [-0.15, -0.1) is 0 Å². The number of hydrogen-bond donors (Lipinski definition) is 3. The number of anilines is 1. The van der Waals surface area contributed by atoms with E-state index in [1.54, 1.807) is 4.90 Å². The zero-order valence-corrected chi connectivity index (χ0v) is 17.6. The molecule has 0 saturated carbocycles. The molecule has 2 aromatic rings. The number of hydrogen-bond acceptors (Lipinski definition) is 9. The molecule has 1 aromatic heterocycles. The van der Waals surface area contributed by atoms with Gasteiger partial charge in [-0.05, 0) is 23.6 Å². The van der Waals surface area contributed by atoms with Gasteiger partial charge < -0.3 is 20.3 Å². The van der Waals surface area contributed by atoms with Gasteiger partial charge in [0.1, 0.15) is 11.9 Å². The fourth-order valence-electron chi connectivity index (χ4n) is 4.09. The summed E-state index contributed by atoms with van der Waals surface area (Å²) in [5, 5.41) is 8.70. The number of fused-ring (bicyclic) bond motifs is 1. The first-order valence-corrected chi connectivity index (χ1v) is 10.5. The Morgan fingerprint density at radius 1 is 1.19 bits per heavy atom. The molecule has 11 heteroatoms. The van der Waals surface area contributed by atoms with Gasteiger partial charge >= 0.3 is 6.01 Å². The van der Waals surface area contributed by atoms with Crippen LogP contribution in [0.5, 0.6) is 6.01 Å². The molecule has 5 rings (SSSR count). The number of ether oxygens (including phenoxy) is 1. The van der Waals surface area contributed by atoms with Crippen molar-refractivity contribution >= 4 is 23.7 Å². The van der Waals surface area contributed by atoms with Gasteiger partial charge in [-0.3, -0.25) is 19.7 Å². The van der Waals surface area contributed by atoms with Crippen molar-refractivity contribution in [2.24, 2.45) is 0 Å². The van der Waals surface area contributed by atoms with Gasteiger partial charge in [0, 0.05) is 44.1 Å². The van der Waals surface area contributed by atoms with E-state index in [0.717, 1.165) is 24.2 Å². The average molecular weight is 437 g/mol. The molecule has 1 aromatic carbocycles. The molecule has 0 aliphatic carbocycles. The van der Waals surface area contributed by atoms with E-state index in [1.165, 1.54) is 7.11 Å². The summed E-state index contributed by atoms with van der Waals surface area (Å²) in [6.45, 7) is 2.42. The summed E-state index contributed by atoms with van der Waals surface area (Å²) in [6, 6.07) is 5.29. The Morgan fingerprint density at radius 2 is 2.03 bits per heavy atom. The van der Waals surface area contributed by atoms with Gasteiger partial charge in [-0.25, -0.2) is 0 Å². The number of nitrogens with one attached hydrogen (secondary N) is 3. The van der Waals surface area contributed by atoms with Gasteiger partial charge in [0.15, 0.2) is 0 Å². The van der Waals surface area contributed by atoms with Crippen molar-refractivity contribution in [3.63, 3.8) is 0 Å². The fourth-order valence-corrected chi connectivity index (χ4v) is 4.09. The van der Waals surface area contributed by atoms with Gasteiger partial charge in [0.2, 0.25) is 17.8 Å². The van der Waals surface area contributed by atoms with Crippen molar-refractivity contribution in [2.75, 3.05) is 25.5 Å². The maximum atomic E-state index is 13.0. The highest BCUT2D eigenvalue weighted by molar-refractivity contribution is 6.05. The zero-order chi connectivity index (χ0) is 22.2. The van der Waals surface area contributed by atoms with E-state index < -0.39 is 11.9 Å². The second kappa shape index (κ2) is 8.15. The predicted octanol–water partition coefficient (Wildman–Crippen LogP) is -0.0599. The quantitative estimate of drug-likeness (QED) is 0.531.